The van der Waals surface area contributed by atoms with Crippen molar-refractivity contribution >= 4 is 11.9 Å². The molecule has 28 heavy (non-hydrogen) atoms. The molecule has 0 aliphatic carbocycles. The molecule has 0 aliphatic heterocycles. The van der Waals surface area contributed by atoms with Crippen molar-refractivity contribution < 1.29 is 32.6 Å². The van der Waals surface area contributed by atoms with Crippen LogP contribution in [0.5, 0.6) is 5.75 Å². The van der Waals surface area contributed by atoms with E-state index in [0.29, 0.717) is 11.3 Å². The van der Waals surface area contributed by atoms with Gasteiger partial charge in [0.15, 0.2) is 0 Å². The standard InChI is InChI=1S/C18H18F3N3O4/c1-10-7-13(23-16(22-10)18(19,20)21)15(27)24-17(2,9-14(25)26)11-5-4-6-12(8-11)28-3/h4-8H,9H2,1-3H3,(H,24,27)(H,25,26). The summed E-state index contributed by atoms with van der Waals surface area (Å²) in [7, 11) is 1.43. The maximum atomic E-state index is 12.9. The SMILES string of the molecule is COc1cccc(C(C)(CC(=O)O)NC(=O)c2cc(C)nc(C(F)(F)F)n2)c1. The maximum absolute atomic E-state index is 12.9. The highest BCUT2D eigenvalue weighted by molar-refractivity contribution is 5.93. The molecule has 7 nitrogen and oxygen atoms in total. The second-order valence-corrected chi connectivity index (χ2v) is 6.30. The number of nitrogens with one attached hydrogen (secondary N) is 1. The summed E-state index contributed by atoms with van der Waals surface area (Å²) in [6.45, 7) is 2.75. The van der Waals surface area contributed by atoms with Crippen LogP contribution in [0.2, 0.25) is 0 Å². The Morgan fingerprint density at radius 3 is 2.46 bits per heavy atom. The number of aromatic nitrogens is 2. The Hall–Kier alpha value is -3.17. The van der Waals surface area contributed by atoms with Crippen LogP contribution in [0.15, 0.2) is 30.3 Å². The fourth-order valence-corrected chi connectivity index (χ4v) is 2.61. The van der Waals surface area contributed by atoms with E-state index in [4.69, 9.17) is 4.74 Å². The van der Waals surface area contributed by atoms with Crippen LogP contribution in [-0.2, 0) is 16.5 Å². The Morgan fingerprint density at radius 2 is 1.89 bits per heavy atom. The summed E-state index contributed by atoms with van der Waals surface area (Å²) in [6.07, 6.45) is -5.33. The first-order chi connectivity index (χ1) is 12.9. The van der Waals surface area contributed by atoms with Gasteiger partial charge in [-0.15, -0.1) is 0 Å². The molecule has 0 fully saturated rings. The van der Waals surface area contributed by atoms with Gasteiger partial charge in [0.2, 0.25) is 5.82 Å². The van der Waals surface area contributed by atoms with Crippen LogP contribution >= 0.6 is 0 Å². The van der Waals surface area contributed by atoms with Gasteiger partial charge in [-0.1, -0.05) is 12.1 Å². The molecule has 0 bridgehead atoms. The molecule has 1 aromatic heterocycles. The molecule has 1 amide bonds. The van der Waals surface area contributed by atoms with Gasteiger partial charge in [0.25, 0.3) is 5.91 Å². The van der Waals surface area contributed by atoms with Crippen LogP contribution in [-0.4, -0.2) is 34.1 Å². The number of rotatable bonds is 6. The summed E-state index contributed by atoms with van der Waals surface area (Å²) < 4.78 is 43.9. The lowest BCUT2D eigenvalue weighted by Gasteiger charge is -2.30. The van der Waals surface area contributed by atoms with Crippen molar-refractivity contribution in [2.24, 2.45) is 0 Å². The normalized spacial score (nSPS) is 13.5. The zero-order valence-corrected chi connectivity index (χ0v) is 15.3. The largest absolute Gasteiger partial charge is 0.497 e. The fraction of sp³-hybridized carbons (Fsp3) is 0.333. The van der Waals surface area contributed by atoms with E-state index in [1.807, 2.05) is 0 Å². The van der Waals surface area contributed by atoms with Crippen molar-refractivity contribution in [2.45, 2.75) is 32.0 Å². The van der Waals surface area contributed by atoms with E-state index in [1.54, 1.807) is 18.2 Å². The number of aliphatic carboxylic acids is 1. The second-order valence-electron chi connectivity index (χ2n) is 6.30. The molecular weight excluding hydrogens is 379 g/mol. The Labute approximate surface area is 158 Å². The first-order valence-corrected chi connectivity index (χ1v) is 8.06. The van der Waals surface area contributed by atoms with E-state index >= 15 is 0 Å². The summed E-state index contributed by atoms with van der Waals surface area (Å²) in [4.78, 5) is 30.5. The average molecular weight is 397 g/mol. The second kappa shape index (κ2) is 7.83. The van der Waals surface area contributed by atoms with Gasteiger partial charge in [0.05, 0.1) is 19.1 Å². The molecule has 2 N–H and O–H groups in total. The minimum atomic E-state index is -4.82. The van der Waals surface area contributed by atoms with Crippen LogP contribution in [0.4, 0.5) is 13.2 Å². The summed E-state index contributed by atoms with van der Waals surface area (Å²) in [5.74, 6) is -3.18. The lowest BCUT2D eigenvalue weighted by atomic mass is 9.88. The van der Waals surface area contributed by atoms with E-state index < -0.39 is 41.5 Å². The molecule has 150 valence electrons. The third-order valence-corrected chi connectivity index (χ3v) is 3.94. The monoisotopic (exact) mass is 397 g/mol. The van der Waals surface area contributed by atoms with Crippen LogP contribution < -0.4 is 10.1 Å². The van der Waals surface area contributed by atoms with Crippen LogP contribution in [0, 0.1) is 6.92 Å². The molecule has 1 atom stereocenters. The number of carbonyl (C=O) groups is 2. The van der Waals surface area contributed by atoms with E-state index in [0.717, 1.165) is 6.07 Å². The number of ether oxygens (including phenoxy) is 1. The lowest BCUT2D eigenvalue weighted by molar-refractivity contribution is -0.145. The molecule has 1 unspecified atom stereocenters. The van der Waals surface area contributed by atoms with Crippen molar-refractivity contribution in [1.29, 1.82) is 0 Å². The molecule has 1 heterocycles. The maximum Gasteiger partial charge on any atom is 0.451 e. The van der Waals surface area contributed by atoms with E-state index in [2.05, 4.69) is 15.3 Å². The lowest BCUT2D eigenvalue weighted by Crippen LogP contribution is -2.45. The Bertz CT molecular complexity index is 902. The van der Waals surface area contributed by atoms with E-state index in [-0.39, 0.29) is 5.69 Å². The van der Waals surface area contributed by atoms with Gasteiger partial charge in [-0.05, 0) is 37.6 Å². The number of halogens is 3. The van der Waals surface area contributed by atoms with Gasteiger partial charge in [0.1, 0.15) is 11.4 Å². The summed E-state index contributed by atoms with van der Waals surface area (Å²) >= 11 is 0. The Kier molecular flexibility index (Phi) is 5.91. The van der Waals surface area contributed by atoms with Gasteiger partial charge in [-0.3, -0.25) is 9.59 Å². The van der Waals surface area contributed by atoms with Gasteiger partial charge in [-0.25, -0.2) is 9.97 Å². The van der Waals surface area contributed by atoms with Crippen molar-refractivity contribution in [1.82, 2.24) is 15.3 Å². The molecule has 2 rings (SSSR count). The van der Waals surface area contributed by atoms with Crippen molar-refractivity contribution in [3.63, 3.8) is 0 Å². The topological polar surface area (TPSA) is 101 Å². The molecule has 10 heteroatoms. The highest BCUT2D eigenvalue weighted by atomic mass is 19.4. The Balaban J connectivity index is 2.43. The fourth-order valence-electron chi connectivity index (χ4n) is 2.61. The molecule has 2 aromatic rings. The number of carboxylic acids is 1. The number of carboxylic acid groups (broad SMARTS) is 1. The first-order valence-electron chi connectivity index (χ1n) is 8.06. The predicted molar refractivity (Wildman–Crippen MR) is 91.8 cm³/mol. The smallest absolute Gasteiger partial charge is 0.451 e. The zero-order chi connectivity index (χ0) is 21.1. The number of alkyl halides is 3. The number of aryl methyl sites for hydroxylation is 1. The van der Waals surface area contributed by atoms with Crippen molar-refractivity contribution in [3.05, 3.63) is 53.1 Å². The Morgan fingerprint density at radius 1 is 1.21 bits per heavy atom. The highest BCUT2D eigenvalue weighted by Crippen LogP contribution is 2.29. The zero-order valence-electron chi connectivity index (χ0n) is 15.3. The summed E-state index contributed by atoms with van der Waals surface area (Å²) in [5.41, 5.74) is -1.58. The molecule has 0 radical (unpaired) electrons. The van der Waals surface area contributed by atoms with Crippen molar-refractivity contribution in [2.75, 3.05) is 7.11 Å². The van der Waals surface area contributed by atoms with Crippen LogP contribution in [0.3, 0.4) is 0 Å². The average Bonchev–Trinajstić information content (AvgIpc) is 2.59. The van der Waals surface area contributed by atoms with Gasteiger partial charge < -0.3 is 15.2 Å². The van der Waals surface area contributed by atoms with Crippen LogP contribution in [0.25, 0.3) is 0 Å². The summed E-state index contributed by atoms with van der Waals surface area (Å²) in [5, 5.41) is 11.7. The molecular formula is C18H18F3N3O4. The van der Waals surface area contributed by atoms with E-state index in [9.17, 15) is 27.9 Å². The predicted octanol–water partition coefficient (Wildman–Crippen LogP) is 2.93. The third-order valence-electron chi connectivity index (χ3n) is 3.94. The van der Waals surface area contributed by atoms with Crippen LogP contribution in [0.1, 0.15) is 40.9 Å². The number of hydrogen-bond donors (Lipinski definition) is 2. The van der Waals surface area contributed by atoms with Gasteiger partial charge in [-0.2, -0.15) is 13.2 Å². The molecule has 0 saturated carbocycles. The van der Waals surface area contributed by atoms with E-state index in [1.165, 1.54) is 27.0 Å². The first kappa shape index (κ1) is 21.1. The number of hydrogen-bond acceptors (Lipinski definition) is 5. The van der Waals surface area contributed by atoms with Crippen molar-refractivity contribution in [3.8, 4) is 5.75 Å². The quantitative estimate of drug-likeness (QED) is 0.777. The minimum absolute atomic E-state index is 0.0474. The number of amides is 1. The number of methoxy groups -OCH3 is 1. The number of benzene rings is 1. The minimum Gasteiger partial charge on any atom is -0.497 e. The van der Waals surface area contributed by atoms with Gasteiger partial charge >= 0.3 is 12.1 Å². The molecule has 0 saturated heterocycles. The summed E-state index contributed by atoms with van der Waals surface area (Å²) in [6, 6.07) is 7.46. The third kappa shape index (κ3) is 4.96. The molecule has 1 aromatic carbocycles. The number of carbonyl (C=O) groups excluding carboxylic acids is 1. The highest BCUT2D eigenvalue weighted by Gasteiger charge is 2.37. The van der Waals surface area contributed by atoms with Gasteiger partial charge in [0, 0.05) is 5.69 Å². The molecule has 0 aliphatic rings. The molecule has 0 spiro atoms. The number of nitrogens with zero attached hydrogens (tertiary/aromatic N) is 2.